The lowest BCUT2D eigenvalue weighted by Crippen LogP contribution is -2.01. The zero-order valence-electron chi connectivity index (χ0n) is 7.07. The van der Waals surface area contributed by atoms with Crippen molar-refractivity contribution >= 4 is 16.7 Å². The maximum Gasteiger partial charge on any atom is 0.355 e. The number of carbonyl (C=O) groups is 1. The van der Waals surface area contributed by atoms with Crippen molar-refractivity contribution in [1.82, 2.24) is 4.98 Å². The fourth-order valence-corrected chi connectivity index (χ4v) is 1.33. The van der Waals surface area contributed by atoms with E-state index in [-0.39, 0.29) is 11.1 Å². The molecule has 2 rings (SSSR count). The Morgan fingerprint density at radius 2 is 1.93 bits per heavy atom. The van der Waals surface area contributed by atoms with Crippen LogP contribution in [-0.4, -0.2) is 16.1 Å². The fraction of sp³-hybridized carbons (Fsp3) is 0. The van der Waals surface area contributed by atoms with Gasteiger partial charge >= 0.3 is 5.97 Å². The Hall–Kier alpha value is -1.97. The fourth-order valence-electron chi connectivity index (χ4n) is 1.33. The Balaban J connectivity index is 2.88. The number of benzene rings is 1. The minimum Gasteiger partial charge on any atom is -0.476 e. The molecule has 3 nitrogen and oxygen atoms in total. The summed E-state index contributed by atoms with van der Waals surface area (Å²) < 4.78 is 13.2. The molecule has 14 heavy (non-hydrogen) atoms. The van der Waals surface area contributed by atoms with Gasteiger partial charge in [0.05, 0.1) is 6.20 Å². The maximum absolute atomic E-state index is 13.2. The summed E-state index contributed by atoms with van der Waals surface area (Å²) in [6.07, 6.45) is 0.922. The smallest absolute Gasteiger partial charge is 0.355 e. The minimum atomic E-state index is -1.15. The zero-order valence-corrected chi connectivity index (χ0v) is 7.07. The number of nitrogens with zero attached hydrogens (tertiary/aromatic N) is 1. The standard InChI is InChI=1S/C10H6FNO2/c11-8-5-12-9(10(13)14)7-4-2-1-3-6(7)8/h1-5H,(H,13,14). The number of hydrogen-bond acceptors (Lipinski definition) is 2. The van der Waals surface area contributed by atoms with Crippen LogP contribution < -0.4 is 0 Å². The van der Waals surface area contributed by atoms with Gasteiger partial charge in [-0.2, -0.15) is 0 Å². The summed E-state index contributed by atoms with van der Waals surface area (Å²) in [5.41, 5.74) is -0.123. The summed E-state index contributed by atoms with van der Waals surface area (Å²) in [4.78, 5) is 14.3. The van der Waals surface area contributed by atoms with Gasteiger partial charge in [-0.15, -0.1) is 0 Å². The van der Waals surface area contributed by atoms with Gasteiger partial charge in [0.1, 0.15) is 5.82 Å². The first kappa shape index (κ1) is 8.62. The lowest BCUT2D eigenvalue weighted by Gasteiger charge is -2.01. The predicted octanol–water partition coefficient (Wildman–Crippen LogP) is 2.07. The van der Waals surface area contributed by atoms with Crippen molar-refractivity contribution in [1.29, 1.82) is 0 Å². The van der Waals surface area contributed by atoms with Crippen LogP contribution in [0.4, 0.5) is 4.39 Å². The molecule has 70 valence electrons. The number of hydrogen-bond donors (Lipinski definition) is 1. The molecule has 0 bridgehead atoms. The predicted molar refractivity (Wildman–Crippen MR) is 48.7 cm³/mol. The van der Waals surface area contributed by atoms with Crippen LogP contribution in [0.25, 0.3) is 10.8 Å². The van der Waals surface area contributed by atoms with E-state index in [1.165, 1.54) is 12.1 Å². The molecular weight excluding hydrogens is 185 g/mol. The van der Waals surface area contributed by atoms with Crippen molar-refractivity contribution < 1.29 is 14.3 Å². The van der Waals surface area contributed by atoms with Crippen LogP contribution in [0.2, 0.25) is 0 Å². The molecule has 2 aromatic rings. The van der Waals surface area contributed by atoms with Gasteiger partial charge in [-0.3, -0.25) is 0 Å². The summed E-state index contributed by atoms with van der Waals surface area (Å²) >= 11 is 0. The first-order chi connectivity index (χ1) is 6.70. The van der Waals surface area contributed by atoms with Gasteiger partial charge in [-0.1, -0.05) is 24.3 Å². The quantitative estimate of drug-likeness (QED) is 0.750. The highest BCUT2D eigenvalue weighted by atomic mass is 19.1. The average Bonchev–Trinajstić information content (AvgIpc) is 2.18. The molecule has 0 saturated heterocycles. The summed E-state index contributed by atoms with van der Waals surface area (Å²) in [5, 5.41) is 9.39. The third-order valence-corrected chi connectivity index (χ3v) is 1.95. The number of fused-ring (bicyclic) bond motifs is 1. The van der Waals surface area contributed by atoms with Crippen molar-refractivity contribution in [3.63, 3.8) is 0 Å². The van der Waals surface area contributed by atoms with E-state index in [4.69, 9.17) is 5.11 Å². The molecular formula is C10H6FNO2. The van der Waals surface area contributed by atoms with Gasteiger partial charge in [-0.25, -0.2) is 14.2 Å². The average molecular weight is 191 g/mol. The lowest BCUT2D eigenvalue weighted by molar-refractivity contribution is 0.0693. The molecule has 0 spiro atoms. The summed E-state index contributed by atoms with van der Waals surface area (Å²) in [5.74, 6) is -1.66. The van der Waals surface area contributed by atoms with Gasteiger partial charge in [0.2, 0.25) is 0 Å². The van der Waals surface area contributed by atoms with Crippen LogP contribution in [-0.2, 0) is 0 Å². The highest BCUT2D eigenvalue weighted by Gasteiger charge is 2.11. The molecule has 0 saturated carbocycles. The molecule has 0 fully saturated rings. The van der Waals surface area contributed by atoms with Crippen LogP contribution in [0.5, 0.6) is 0 Å². The number of halogens is 1. The first-order valence-electron chi connectivity index (χ1n) is 3.96. The normalized spacial score (nSPS) is 10.4. The second-order valence-corrected chi connectivity index (χ2v) is 2.81. The van der Waals surface area contributed by atoms with Crippen molar-refractivity contribution in [3.8, 4) is 0 Å². The van der Waals surface area contributed by atoms with E-state index < -0.39 is 11.8 Å². The molecule has 0 aliphatic rings. The molecule has 0 radical (unpaired) electrons. The van der Waals surface area contributed by atoms with Gasteiger partial charge in [0.25, 0.3) is 0 Å². The molecule has 1 aromatic heterocycles. The molecule has 0 amide bonds. The number of aromatic carboxylic acids is 1. The van der Waals surface area contributed by atoms with E-state index >= 15 is 0 Å². The molecule has 1 aromatic carbocycles. The third kappa shape index (κ3) is 1.21. The van der Waals surface area contributed by atoms with E-state index in [2.05, 4.69) is 4.98 Å². The van der Waals surface area contributed by atoms with Gasteiger partial charge in [-0.05, 0) is 0 Å². The number of aromatic nitrogens is 1. The maximum atomic E-state index is 13.2. The Labute approximate surface area is 78.8 Å². The van der Waals surface area contributed by atoms with Crippen molar-refractivity contribution in [2.45, 2.75) is 0 Å². The molecule has 1 heterocycles. The molecule has 0 aliphatic carbocycles. The monoisotopic (exact) mass is 191 g/mol. The Kier molecular flexibility index (Phi) is 1.89. The summed E-state index contributed by atoms with van der Waals surface area (Å²) in [7, 11) is 0. The van der Waals surface area contributed by atoms with E-state index in [0.29, 0.717) is 5.39 Å². The Morgan fingerprint density at radius 3 is 2.57 bits per heavy atom. The van der Waals surface area contributed by atoms with Crippen LogP contribution in [0.15, 0.2) is 30.5 Å². The number of carboxylic acid groups (broad SMARTS) is 1. The molecule has 4 heteroatoms. The highest BCUT2D eigenvalue weighted by molar-refractivity contribution is 6.01. The van der Waals surface area contributed by atoms with Crippen molar-refractivity contribution in [2.75, 3.05) is 0 Å². The van der Waals surface area contributed by atoms with Gasteiger partial charge in [0.15, 0.2) is 5.69 Å². The number of carboxylic acids is 1. The van der Waals surface area contributed by atoms with Crippen molar-refractivity contribution in [3.05, 3.63) is 42.0 Å². The SMILES string of the molecule is O=C(O)c1ncc(F)c2ccccc12. The molecule has 0 unspecified atom stereocenters. The zero-order chi connectivity index (χ0) is 10.1. The largest absolute Gasteiger partial charge is 0.476 e. The summed E-state index contributed by atoms with van der Waals surface area (Å²) in [6, 6.07) is 6.36. The van der Waals surface area contributed by atoms with Crippen LogP contribution in [0, 0.1) is 5.82 Å². The second kappa shape index (κ2) is 3.06. The highest BCUT2D eigenvalue weighted by Crippen LogP contribution is 2.19. The molecule has 0 atom stereocenters. The minimum absolute atomic E-state index is 0.123. The summed E-state index contributed by atoms with van der Waals surface area (Å²) in [6.45, 7) is 0. The van der Waals surface area contributed by atoms with E-state index in [1.807, 2.05) is 0 Å². The van der Waals surface area contributed by atoms with Gasteiger partial charge in [0, 0.05) is 10.8 Å². The first-order valence-corrected chi connectivity index (χ1v) is 3.96. The lowest BCUT2D eigenvalue weighted by atomic mass is 10.1. The van der Waals surface area contributed by atoms with Gasteiger partial charge < -0.3 is 5.11 Å². The van der Waals surface area contributed by atoms with Crippen LogP contribution in [0.1, 0.15) is 10.5 Å². The third-order valence-electron chi connectivity index (χ3n) is 1.95. The number of pyridine rings is 1. The van der Waals surface area contributed by atoms with E-state index in [1.54, 1.807) is 12.1 Å². The van der Waals surface area contributed by atoms with Crippen molar-refractivity contribution in [2.24, 2.45) is 0 Å². The Bertz CT molecular complexity index is 510. The number of rotatable bonds is 1. The van der Waals surface area contributed by atoms with Crippen LogP contribution >= 0.6 is 0 Å². The van der Waals surface area contributed by atoms with Crippen LogP contribution in [0.3, 0.4) is 0 Å². The molecule has 1 N–H and O–H groups in total. The van der Waals surface area contributed by atoms with E-state index in [9.17, 15) is 9.18 Å². The molecule has 0 aliphatic heterocycles. The Morgan fingerprint density at radius 1 is 1.29 bits per heavy atom. The second-order valence-electron chi connectivity index (χ2n) is 2.81. The topological polar surface area (TPSA) is 50.2 Å². The van der Waals surface area contributed by atoms with E-state index in [0.717, 1.165) is 6.20 Å².